The van der Waals surface area contributed by atoms with Crippen molar-refractivity contribution in [2.75, 3.05) is 5.73 Å². The normalized spacial score (nSPS) is 12.9. The molecule has 0 bridgehead atoms. The predicted octanol–water partition coefficient (Wildman–Crippen LogP) is 4.33. The SMILES string of the molecule is CC(C(F)F)n1cc(-c2ccc(Br)cc2)cc1N. The highest BCUT2D eigenvalue weighted by Gasteiger charge is 2.19. The fourth-order valence-corrected chi connectivity index (χ4v) is 2.03. The van der Waals surface area contributed by atoms with E-state index in [4.69, 9.17) is 5.73 Å². The average molecular weight is 315 g/mol. The molecule has 5 heteroatoms. The van der Waals surface area contributed by atoms with Crippen LogP contribution in [0, 0.1) is 0 Å². The standard InChI is InChI=1S/C13H13BrF2N2/c1-8(13(15)16)18-7-10(6-12(18)17)9-2-4-11(14)5-3-9/h2-8,13H,17H2,1H3. The summed E-state index contributed by atoms with van der Waals surface area (Å²) in [5, 5.41) is 0. The molecule has 1 aromatic carbocycles. The second kappa shape index (κ2) is 5.10. The van der Waals surface area contributed by atoms with Crippen molar-refractivity contribution in [3.8, 4) is 11.1 Å². The van der Waals surface area contributed by atoms with Crippen LogP contribution < -0.4 is 5.73 Å². The lowest BCUT2D eigenvalue weighted by Crippen LogP contribution is -2.14. The first-order valence-electron chi connectivity index (χ1n) is 5.50. The number of rotatable bonds is 3. The molecule has 2 nitrogen and oxygen atoms in total. The van der Waals surface area contributed by atoms with Gasteiger partial charge in [0, 0.05) is 16.2 Å². The number of halogens is 3. The van der Waals surface area contributed by atoms with E-state index in [-0.39, 0.29) is 0 Å². The summed E-state index contributed by atoms with van der Waals surface area (Å²) >= 11 is 3.35. The van der Waals surface area contributed by atoms with E-state index in [0.29, 0.717) is 5.82 Å². The third-order valence-corrected chi connectivity index (χ3v) is 3.39. The van der Waals surface area contributed by atoms with E-state index in [1.54, 1.807) is 12.3 Å². The molecule has 1 atom stereocenters. The van der Waals surface area contributed by atoms with Gasteiger partial charge in [-0.05, 0) is 30.7 Å². The van der Waals surface area contributed by atoms with Crippen molar-refractivity contribution in [2.24, 2.45) is 0 Å². The zero-order chi connectivity index (χ0) is 13.3. The highest BCUT2D eigenvalue weighted by Crippen LogP contribution is 2.29. The van der Waals surface area contributed by atoms with Gasteiger partial charge in [0.05, 0.1) is 6.04 Å². The number of aromatic nitrogens is 1. The monoisotopic (exact) mass is 314 g/mol. The van der Waals surface area contributed by atoms with Gasteiger partial charge in [0.25, 0.3) is 6.43 Å². The average Bonchev–Trinajstić information content (AvgIpc) is 2.71. The first kappa shape index (κ1) is 13.1. The van der Waals surface area contributed by atoms with Crippen LogP contribution in [-0.4, -0.2) is 11.0 Å². The lowest BCUT2D eigenvalue weighted by Gasteiger charge is -2.13. The van der Waals surface area contributed by atoms with Gasteiger partial charge < -0.3 is 10.3 Å². The number of nitrogens with zero attached hydrogens (tertiary/aromatic N) is 1. The maximum Gasteiger partial charge on any atom is 0.258 e. The molecule has 0 saturated heterocycles. The van der Waals surface area contributed by atoms with Crippen molar-refractivity contribution in [2.45, 2.75) is 19.4 Å². The van der Waals surface area contributed by atoms with Gasteiger partial charge in [-0.3, -0.25) is 0 Å². The zero-order valence-corrected chi connectivity index (χ0v) is 11.4. The van der Waals surface area contributed by atoms with Crippen molar-refractivity contribution in [1.29, 1.82) is 0 Å². The Labute approximate surface area is 113 Å². The van der Waals surface area contributed by atoms with Crippen molar-refractivity contribution in [3.63, 3.8) is 0 Å². The highest BCUT2D eigenvalue weighted by atomic mass is 79.9. The minimum absolute atomic E-state index is 0.348. The molecule has 18 heavy (non-hydrogen) atoms. The van der Waals surface area contributed by atoms with Gasteiger partial charge in [-0.1, -0.05) is 28.1 Å². The Morgan fingerprint density at radius 2 is 1.78 bits per heavy atom. The van der Waals surface area contributed by atoms with Crippen LogP contribution in [0.2, 0.25) is 0 Å². The van der Waals surface area contributed by atoms with Gasteiger partial charge in [-0.25, -0.2) is 8.78 Å². The fourth-order valence-electron chi connectivity index (χ4n) is 1.77. The number of hydrogen-bond acceptors (Lipinski definition) is 1. The second-order valence-electron chi connectivity index (χ2n) is 4.14. The largest absolute Gasteiger partial charge is 0.385 e. The minimum atomic E-state index is -2.43. The van der Waals surface area contributed by atoms with Crippen LogP contribution in [0.5, 0.6) is 0 Å². The summed E-state index contributed by atoms with van der Waals surface area (Å²) in [7, 11) is 0. The number of hydrogen-bond donors (Lipinski definition) is 1. The van der Waals surface area contributed by atoms with Gasteiger partial charge in [-0.15, -0.1) is 0 Å². The van der Waals surface area contributed by atoms with Gasteiger partial charge in [-0.2, -0.15) is 0 Å². The first-order valence-corrected chi connectivity index (χ1v) is 6.30. The lowest BCUT2D eigenvalue weighted by molar-refractivity contribution is 0.0926. The molecule has 0 amide bonds. The first-order chi connectivity index (χ1) is 8.49. The molecule has 0 aliphatic carbocycles. The summed E-state index contributed by atoms with van der Waals surface area (Å²) in [6.07, 6.45) is -0.771. The third-order valence-electron chi connectivity index (χ3n) is 2.86. The molecule has 2 rings (SSSR count). The topological polar surface area (TPSA) is 30.9 Å². The predicted molar refractivity (Wildman–Crippen MR) is 72.7 cm³/mol. The van der Waals surface area contributed by atoms with Crippen LogP contribution in [0.4, 0.5) is 14.6 Å². The fraction of sp³-hybridized carbons (Fsp3) is 0.231. The number of alkyl halides is 2. The van der Waals surface area contributed by atoms with Crippen LogP contribution in [0.15, 0.2) is 41.0 Å². The van der Waals surface area contributed by atoms with Gasteiger partial charge >= 0.3 is 0 Å². The quantitative estimate of drug-likeness (QED) is 0.898. The molecule has 0 radical (unpaired) electrons. The van der Waals surface area contributed by atoms with Crippen molar-refractivity contribution >= 4 is 21.7 Å². The summed E-state index contributed by atoms with van der Waals surface area (Å²) in [5.41, 5.74) is 7.56. The maximum absolute atomic E-state index is 12.7. The Morgan fingerprint density at radius 1 is 1.17 bits per heavy atom. The van der Waals surface area contributed by atoms with Crippen molar-refractivity contribution in [1.82, 2.24) is 4.57 Å². The number of benzene rings is 1. The van der Waals surface area contributed by atoms with Crippen LogP contribution in [0.1, 0.15) is 13.0 Å². The van der Waals surface area contributed by atoms with Crippen LogP contribution >= 0.6 is 15.9 Å². The Morgan fingerprint density at radius 3 is 2.33 bits per heavy atom. The molecule has 1 unspecified atom stereocenters. The molecule has 0 aliphatic heterocycles. The molecule has 0 fully saturated rings. The zero-order valence-electron chi connectivity index (χ0n) is 9.78. The number of nitrogen functional groups attached to an aromatic ring is 1. The summed E-state index contributed by atoms with van der Waals surface area (Å²) < 4.78 is 27.7. The molecule has 1 aromatic heterocycles. The maximum atomic E-state index is 12.7. The third kappa shape index (κ3) is 2.56. The Hall–Kier alpha value is -1.36. The molecular weight excluding hydrogens is 302 g/mol. The van der Waals surface area contributed by atoms with Crippen LogP contribution in [-0.2, 0) is 0 Å². The lowest BCUT2D eigenvalue weighted by atomic mass is 10.1. The van der Waals surface area contributed by atoms with E-state index >= 15 is 0 Å². The molecule has 0 saturated carbocycles. The van der Waals surface area contributed by atoms with Crippen molar-refractivity contribution in [3.05, 3.63) is 41.0 Å². The molecular formula is C13H13BrF2N2. The van der Waals surface area contributed by atoms with E-state index in [0.717, 1.165) is 15.6 Å². The van der Waals surface area contributed by atoms with Crippen molar-refractivity contribution < 1.29 is 8.78 Å². The minimum Gasteiger partial charge on any atom is -0.385 e. The summed E-state index contributed by atoms with van der Waals surface area (Å²) in [6, 6.07) is 8.42. The summed E-state index contributed by atoms with van der Waals surface area (Å²) in [5.74, 6) is 0.348. The Bertz CT molecular complexity index is 534. The second-order valence-corrected chi connectivity index (χ2v) is 5.06. The molecule has 0 spiro atoms. The molecule has 0 aliphatic rings. The molecule has 2 aromatic rings. The number of anilines is 1. The molecule has 1 heterocycles. The van der Waals surface area contributed by atoms with Gasteiger partial charge in [0.15, 0.2) is 0 Å². The van der Waals surface area contributed by atoms with E-state index in [2.05, 4.69) is 15.9 Å². The van der Waals surface area contributed by atoms with Crippen LogP contribution in [0.25, 0.3) is 11.1 Å². The van der Waals surface area contributed by atoms with Gasteiger partial charge in [0.1, 0.15) is 5.82 Å². The molecule has 96 valence electrons. The van der Waals surface area contributed by atoms with Gasteiger partial charge in [0.2, 0.25) is 0 Å². The van der Waals surface area contributed by atoms with E-state index in [9.17, 15) is 8.78 Å². The van der Waals surface area contributed by atoms with E-state index in [1.807, 2.05) is 24.3 Å². The highest BCUT2D eigenvalue weighted by molar-refractivity contribution is 9.10. The Balaban J connectivity index is 2.37. The van der Waals surface area contributed by atoms with E-state index in [1.165, 1.54) is 11.5 Å². The Kier molecular flexibility index (Phi) is 3.71. The summed E-state index contributed by atoms with van der Waals surface area (Å²) in [6.45, 7) is 1.45. The summed E-state index contributed by atoms with van der Waals surface area (Å²) in [4.78, 5) is 0. The smallest absolute Gasteiger partial charge is 0.258 e. The van der Waals surface area contributed by atoms with Crippen LogP contribution in [0.3, 0.4) is 0 Å². The number of nitrogens with two attached hydrogens (primary N) is 1. The molecule has 2 N–H and O–H groups in total. The van der Waals surface area contributed by atoms with E-state index < -0.39 is 12.5 Å².